The zero-order chi connectivity index (χ0) is 16.2. The number of benzene rings is 1. The van der Waals surface area contributed by atoms with Crippen molar-refractivity contribution in [3.8, 4) is 11.3 Å². The molecule has 1 aromatic heterocycles. The quantitative estimate of drug-likeness (QED) is 0.784. The molecule has 22 heavy (non-hydrogen) atoms. The summed E-state index contributed by atoms with van der Waals surface area (Å²) >= 11 is 0. The van der Waals surface area contributed by atoms with E-state index in [4.69, 9.17) is 0 Å². The zero-order valence-electron chi connectivity index (χ0n) is 13.5. The lowest BCUT2D eigenvalue weighted by molar-refractivity contribution is 0.578. The van der Waals surface area contributed by atoms with E-state index in [2.05, 4.69) is 18.8 Å². The van der Waals surface area contributed by atoms with Crippen LogP contribution in [0.25, 0.3) is 11.3 Å². The van der Waals surface area contributed by atoms with Gasteiger partial charge in [0.15, 0.2) is 0 Å². The number of rotatable bonds is 7. The molecule has 0 bridgehead atoms. The van der Waals surface area contributed by atoms with Crippen molar-refractivity contribution in [2.24, 2.45) is 0 Å². The monoisotopic (exact) mass is 320 g/mol. The van der Waals surface area contributed by atoms with E-state index in [0.29, 0.717) is 12.5 Å². The standard InChI is InChI=1S/C17H24N2O2S/c1-4-8-14(2)17-16(15-9-6-5-7-10-15)18-13-19(17)11-12-22(3,20)21/h5-7,9-10,13-14H,4,8,11-12H2,1-3H3/t14-/m1/s1. The molecule has 4 nitrogen and oxygen atoms in total. The molecular formula is C17H24N2O2S. The molecule has 2 aromatic rings. The number of hydrogen-bond donors (Lipinski definition) is 0. The Morgan fingerprint density at radius 3 is 2.50 bits per heavy atom. The van der Waals surface area contributed by atoms with Gasteiger partial charge in [0, 0.05) is 24.1 Å². The van der Waals surface area contributed by atoms with Crippen molar-refractivity contribution in [3.05, 3.63) is 42.4 Å². The Morgan fingerprint density at radius 1 is 1.23 bits per heavy atom. The topological polar surface area (TPSA) is 52.0 Å². The van der Waals surface area contributed by atoms with Crippen LogP contribution in [-0.4, -0.2) is 30.0 Å². The van der Waals surface area contributed by atoms with Gasteiger partial charge in [0.1, 0.15) is 9.84 Å². The van der Waals surface area contributed by atoms with Gasteiger partial charge in [-0.05, 0) is 12.3 Å². The smallest absolute Gasteiger partial charge is 0.149 e. The Labute approximate surface area is 133 Å². The van der Waals surface area contributed by atoms with Crippen LogP contribution in [0.15, 0.2) is 36.7 Å². The maximum atomic E-state index is 11.5. The van der Waals surface area contributed by atoms with E-state index < -0.39 is 9.84 Å². The second-order valence-corrected chi connectivity index (χ2v) is 8.12. The average molecular weight is 320 g/mol. The third-order valence-corrected chi connectivity index (χ3v) is 4.74. The minimum Gasteiger partial charge on any atom is -0.333 e. The molecule has 1 atom stereocenters. The van der Waals surface area contributed by atoms with Crippen molar-refractivity contribution in [3.63, 3.8) is 0 Å². The Hall–Kier alpha value is -1.62. The molecule has 0 unspecified atom stereocenters. The minimum absolute atomic E-state index is 0.142. The fourth-order valence-corrected chi connectivity index (χ4v) is 3.27. The van der Waals surface area contributed by atoms with Crippen LogP contribution in [0.3, 0.4) is 0 Å². The highest BCUT2D eigenvalue weighted by Gasteiger charge is 2.19. The van der Waals surface area contributed by atoms with Crippen LogP contribution in [0.2, 0.25) is 0 Å². The third kappa shape index (κ3) is 4.19. The van der Waals surface area contributed by atoms with Gasteiger partial charge in [0.2, 0.25) is 0 Å². The van der Waals surface area contributed by atoms with Crippen LogP contribution in [0.1, 0.15) is 38.3 Å². The largest absolute Gasteiger partial charge is 0.333 e. The molecule has 0 radical (unpaired) electrons. The molecule has 1 heterocycles. The lowest BCUT2D eigenvalue weighted by Crippen LogP contribution is -2.14. The minimum atomic E-state index is -2.98. The van der Waals surface area contributed by atoms with E-state index in [0.717, 1.165) is 29.8 Å². The first-order chi connectivity index (χ1) is 10.4. The van der Waals surface area contributed by atoms with Crippen molar-refractivity contribution < 1.29 is 8.42 Å². The van der Waals surface area contributed by atoms with Crippen LogP contribution in [0.4, 0.5) is 0 Å². The van der Waals surface area contributed by atoms with Gasteiger partial charge in [-0.1, -0.05) is 50.6 Å². The van der Waals surface area contributed by atoms with Crippen LogP contribution >= 0.6 is 0 Å². The van der Waals surface area contributed by atoms with Crippen molar-refractivity contribution in [1.82, 2.24) is 9.55 Å². The molecule has 0 aliphatic rings. The summed E-state index contributed by atoms with van der Waals surface area (Å²) in [5.41, 5.74) is 3.19. The van der Waals surface area contributed by atoms with E-state index in [1.165, 1.54) is 6.26 Å². The van der Waals surface area contributed by atoms with Crippen LogP contribution in [-0.2, 0) is 16.4 Å². The predicted molar refractivity (Wildman–Crippen MR) is 90.7 cm³/mol. The zero-order valence-corrected chi connectivity index (χ0v) is 14.3. The number of sulfone groups is 1. The number of nitrogens with zero attached hydrogens (tertiary/aromatic N) is 2. The van der Waals surface area contributed by atoms with E-state index in [1.54, 1.807) is 6.33 Å². The molecule has 0 saturated carbocycles. The Kier molecular flexibility index (Phi) is 5.40. The Balaban J connectivity index is 2.40. The molecule has 0 aliphatic heterocycles. The lowest BCUT2D eigenvalue weighted by Gasteiger charge is -2.16. The molecule has 0 N–H and O–H groups in total. The van der Waals surface area contributed by atoms with Crippen molar-refractivity contribution in [2.75, 3.05) is 12.0 Å². The summed E-state index contributed by atoms with van der Waals surface area (Å²) in [5, 5.41) is 0. The van der Waals surface area contributed by atoms with E-state index in [9.17, 15) is 8.42 Å². The van der Waals surface area contributed by atoms with E-state index in [1.807, 2.05) is 34.9 Å². The fourth-order valence-electron chi connectivity index (χ4n) is 2.74. The summed E-state index contributed by atoms with van der Waals surface area (Å²) in [5.74, 6) is 0.492. The first-order valence-corrected chi connectivity index (χ1v) is 9.76. The van der Waals surface area contributed by atoms with E-state index >= 15 is 0 Å². The van der Waals surface area contributed by atoms with Crippen molar-refractivity contribution in [1.29, 1.82) is 0 Å². The highest BCUT2D eigenvalue weighted by Crippen LogP contribution is 2.30. The van der Waals surface area contributed by atoms with E-state index in [-0.39, 0.29) is 5.75 Å². The molecule has 0 amide bonds. The average Bonchev–Trinajstić information content (AvgIpc) is 2.89. The molecule has 0 spiro atoms. The van der Waals surface area contributed by atoms with Gasteiger partial charge < -0.3 is 4.57 Å². The summed E-state index contributed by atoms with van der Waals surface area (Å²) < 4.78 is 24.9. The first-order valence-electron chi connectivity index (χ1n) is 7.70. The second-order valence-electron chi connectivity index (χ2n) is 5.86. The lowest BCUT2D eigenvalue weighted by atomic mass is 9.97. The maximum absolute atomic E-state index is 11.5. The van der Waals surface area contributed by atoms with Crippen LogP contribution in [0, 0.1) is 0 Å². The number of imidazole rings is 1. The van der Waals surface area contributed by atoms with Gasteiger partial charge in [-0.3, -0.25) is 0 Å². The molecule has 0 fully saturated rings. The summed E-state index contributed by atoms with van der Waals surface area (Å²) in [6.07, 6.45) is 5.20. The summed E-state index contributed by atoms with van der Waals surface area (Å²) in [6.45, 7) is 4.81. The van der Waals surface area contributed by atoms with Gasteiger partial charge in [0.25, 0.3) is 0 Å². The number of aromatic nitrogens is 2. The molecular weight excluding hydrogens is 296 g/mol. The Morgan fingerprint density at radius 2 is 1.91 bits per heavy atom. The number of aryl methyl sites for hydroxylation is 1. The van der Waals surface area contributed by atoms with Gasteiger partial charge in [-0.15, -0.1) is 0 Å². The first kappa shape index (κ1) is 16.7. The maximum Gasteiger partial charge on any atom is 0.149 e. The number of hydrogen-bond acceptors (Lipinski definition) is 3. The molecule has 120 valence electrons. The SMILES string of the molecule is CCC[C@@H](C)c1c(-c2ccccc2)ncn1CCS(C)(=O)=O. The molecule has 0 aliphatic carbocycles. The summed E-state index contributed by atoms with van der Waals surface area (Å²) in [6, 6.07) is 10.1. The third-order valence-electron chi connectivity index (χ3n) is 3.82. The van der Waals surface area contributed by atoms with Gasteiger partial charge in [0.05, 0.1) is 17.8 Å². The summed E-state index contributed by atoms with van der Waals surface area (Å²) in [7, 11) is -2.98. The van der Waals surface area contributed by atoms with Crippen LogP contribution in [0.5, 0.6) is 0 Å². The second kappa shape index (κ2) is 7.09. The summed E-state index contributed by atoms with van der Waals surface area (Å²) in [4.78, 5) is 4.56. The molecule has 2 rings (SSSR count). The molecule has 5 heteroatoms. The normalized spacial score (nSPS) is 13.2. The molecule has 0 saturated heterocycles. The Bertz CT molecular complexity index is 706. The fraction of sp³-hybridized carbons (Fsp3) is 0.471. The van der Waals surface area contributed by atoms with Crippen molar-refractivity contribution in [2.45, 2.75) is 39.2 Å². The predicted octanol–water partition coefficient (Wildman–Crippen LogP) is 3.50. The van der Waals surface area contributed by atoms with Crippen molar-refractivity contribution >= 4 is 9.84 Å². The highest BCUT2D eigenvalue weighted by atomic mass is 32.2. The highest BCUT2D eigenvalue weighted by molar-refractivity contribution is 7.90. The van der Waals surface area contributed by atoms with Gasteiger partial charge >= 0.3 is 0 Å². The van der Waals surface area contributed by atoms with Gasteiger partial charge in [-0.25, -0.2) is 13.4 Å². The van der Waals surface area contributed by atoms with Crippen LogP contribution < -0.4 is 0 Å². The van der Waals surface area contributed by atoms with Gasteiger partial charge in [-0.2, -0.15) is 0 Å². The molecule has 1 aromatic carbocycles.